The van der Waals surface area contributed by atoms with Gasteiger partial charge in [-0.15, -0.1) is 0 Å². The van der Waals surface area contributed by atoms with Crippen LogP contribution in [0.5, 0.6) is 0 Å². The molecule has 0 heterocycles. The molecule has 0 aromatic heterocycles. The van der Waals surface area contributed by atoms with E-state index in [-0.39, 0.29) is 44.1 Å². The van der Waals surface area contributed by atoms with Crippen LogP contribution < -0.4 is 5.32 Å². The minimum atomic E-state index is -2.62. The molecule has 1 aliphatic rings. The topological polar surface area (TPSA) is 58.6 Å². The molecule has 0 radical (unpaired) electrons. The van der Waals surface area contributed by atoms with Crippen LogP contribution >= 0.6 is 0 Å². The van der Waals surface area contributed by atoms with Crippen LogP contribution in [-0.2, 0) is 9.53 Å². The molecule has 1 amide bonds. The summed E-state index contributed by atoms with van der Waals surface area (Å²) in [7, 11) is 1.54. The van der Waals surface area contributed by atoms with Crippen molar-refractivity contribution in [3.8, 4) is 0 Å². The monoisotopic (exact) mass is 279 g/mol. The average molecular weight is 279 g/mol. The second-order valence-corrected chi connectivity index (χ2v) is 5.59. The number of carbonyl (C=O) groups excluding carboxylic acids is 1. The lowest BCUT2D eigenvalue weighted by Crippen LogP contribution is -2.44. The zero-order valence-corrected chi connectivity index (χ0v) is 11.5. The molecule has 4 nitrogen and oxygen atoms in total. The van der Waals surface area contributed by atoms with Crippen LogP contribution in [0.1, 0.15) is 39.0 Å². The number of ether oxygens (including phenoxy) is 1. The van der Waals surface area contributed by atoms with Crippen molar-refractivity contribution in [2.75, 3.05) is 20.3 Å². The van der Waals surface area contributed by atoms with Crippen LogP contribution in [0.2, 0.25) is 0 Å². The molecule has 6 heteroatoms. The number of aliphatic hydroxyl groups is 1. The Morgan fingerprint density at radius 1 is 1.47 bits per heavy atom. The normalized spacial score (nSPS) is 22.8. The van der Waals surface area contributed by atoms with Crippen molar-refractivity contribution < 1.29 is 23.4 Å². The molecule has 112 valence electrons. The van der Waals surface area contributed by atoms with Gasteiger partial charge in [-0.05, 0) is 19.8 Å². The maximum atomic E-state index is 13.0. The van der Waals surface area contributed by atoms with E-state index in [4.69, 9.17) is 4.74 Å². The van der Waals surface area contributed by atoms with Gasteiger partial charge in [-0.1, -0.05) is 0 Å². The lowest BCUT2D eigenvalue weighted by Gasteiger charge is -2.29. The summed E-state index contributed by atoms with van der Waals surface area (Å²) in [5.41, 5.74) is -1.04. The maximum Gasteiger partial charge on any atom is 0.248 e. The van der Waals surface area contributed by atoms with Crippen molar-refractivity contribution in [2.45, 2.75) is 50.6 Å². The molecular weight excluding hydrogens is 256 g/mol. The van der Waals surface area contributed by atoms with Gasteiger partial charge in [0, 0.05) is 45.4 Å². The summed E-state index contributed by atoms with van der Waals surface area (Å²) in [6.45, 7) is 2.13. The maximum absolute atomic E-state index is 13.0. The van der Waals surface area contributed by atoms with E-state index in [1.54, 1.807) is 6.92 Å². The Hall–Kier alpha value is -0.750. The molecule has 0 bridgehead atoms. The van der Waals surface area contributed by atoms with Crippen molar-refractivity contribution >= 4 is 5.91 Å². The average Bonchev–Trinajstić information content (AvgIpc) is 2.34. The minimum Gasteiger partial charge on any atom is -0.388 e. The van der Waals surface area contributed by atoms with Crippen molar-refractivity contribution in [1.29, 1.82) is 0 Å². The Morgan fingerprint density at radius 3 is 2.58 bits per heavy atom. The van der Waals surface area contributed by atoms with Gasteiger partial charge in [-0.2, -0.15) is 0 Å². The van der Waals surface area contributed by atoms with Crippen LogP contribution in [0.25, 0.3) is 0 Å². The fourth-order valence-corrected chi connectivity index (χ4v) is 2.13. The number of rotatable bonds is 6. The molecule has 2 N–H and O–H groups in total. The van der Waals surface area contributed by atoms with Crippen molar-refractivity contribution in [1.82, 2.24) is 5.32 Å². The number of alkyl halides is 2. The minimum absolute atomic E-state index is 0.113. The molecule has 0 saturated heterocycles. The van der Waals surface area contributed by atoms with E-state index >= 15 is 0 Å². The van der Waals surface area contributed by atoms with Gasteiger partial charge in [0.15, 0.2) is 0 Å². The molecule has 1 atom stereocenters. The van der Waals surface area contributed by atoms with Crippen LogP contribution in [0.4, 0.5) is 8.78 Å². The first-order chi connectivity index (χ1) is 8.76. The summed E-state index contributed by atoms with van der Waals surface area (Å²) in [5, 5.41) is 12.6. The number of hydrogen-bond donors (Lipinski definition) is 2. The predicted molar refractivity (Wildman–Crippen MR) is 67.0 cm³/mol. The molecule has 0 spiro atoms. The zero-order chi connectivity index (χ0) is 14.5. The number of amides is 1. The number of hydrogen-bond acceptors (Lipinski definition) is 3. The van der Waals surface area contributed by atoms with E-state index in [1.807, 2.05) is 0 Å². The third-order valence-electron chi connectivity index (χ3n) is 3.58. The molecule has 19 heavy (non-hydrogen) atoms. The fourth-order valence-electron chi connectivity index (χ4n) is 2.13. The molecule has 1 fully saturated rings. The Morgan fingerprint density at radius 2 is 2.05 bits per heavy atom. The zero-order valence-electron chi connectivity index (χ0n) is 11.5. The highest BCUT2D eigenvalue weighted by Crippen LogP contribution is 2.36. The van der Waals surface area contributed by atoms with Crippen LogP contribution in [0, 0.1) is 5.92 Å². The number of carbonyl (C=O) groups is 1. The lowest BCUT2D eigenvalue weighted by molar-refractivity contribution is -0.130. The molecule has 1 aliphatic carbocycles. The van der Waals surface area contributed by atoms with Gasteiger partial charge >= 0.3 is 0 Å². The predicted octanol–water partition coefficient (Wildman–Crippen LogP) is 1.72. The van der Waals surface area contributed by atoms with E-state index < -0.39 is 11.5 Å². The Labute approximate surface area is 112 Å². The smallest absolute Gasteiger partial charge is 0.248 e. The van der Waals surface area contributed by atoms with Crippen molar-refractivity contribution in [3.63, 3.8) is 0 Å². The van der Waals surface area contributed by atoms with Gasteiger partial charge < -0.3 is 15.2 Å². The second-order valence-electron chi connectivity index (χ2n) is 5.59. The van der Waals surface area contributed by atoms with Gasteiger partial charge in [0.25, 0.3) is 0 Å². The highest BCUT2D eigenvalue weighted by Gasteiger charge is 2.37. The van der Waals surface area contributed by atoms with Gasteiger partial charge in [0.05, 0.1) is 5.60 Å². The SMILES string of the molecule is COCCC(C)(O)CNC(=O)C1CCC(F)(F)CC1. The summed E-state index contributed by atoms with van der Waals surface area (Å²) in [5.74, 6) is -3.23. The third-order valence-corrected chi connectivity index (χ3v) is 3.58. The number of nitrogens with one attached hydrogen (secondary N) is 1. The summed E-state index contributed by atoms with van der Waals surface area (Å²) >= 11 is 0. The van der Waals surface area contributed by atoms with Gasteiger partial charge in [0.2, 0.25) is 11.8 Å². The highest BCUT2D eigenvalue weighted by atomic mass is 19.3. The Kier molecular flexibility index (Phi) is 5.67. The summed E-state index contributed by atoms with van der Waals surface area (Å²) in [6.07, 6.45) is 0.362. The summed E-state index contributed by atoms with van der Waals surface area (Å²) < 4.78 is 30.8. The molecule has 1 unspecified atom stereocenters. The van der Waals surface area contributed by atoms with E-state index in [9.17, 15) is 18.7 Å². The van der Waals surface area contributed by atoms with Crippen LogP contribution in [-0.4, -0.2) is 42.8 Å². The van der Waals surface area contributed by atoms with Crippen LogP contribution in [0.3, 0.4) is 0 Å². The van der Waals surface area contributed by atoms with E-state index in [2.05, 4.69) is 5.32 Å². The first-order valence-corrected chi connectivity index (χ1v) is 6.63. The van der Waals surface area contributed by atoms with Gasteiger partial charge in [-0.3, -0.25) is 4.79 Å². The second kappa shape index (κ2) is 6.61. The standard InChI is InChI=1S/C13H23F2NO3/c1-12(18,7-8-19-2)9-16-11(17)10-3-5-13(14,15)6-4-10/h10,18H,3-9H2,1-2H3,(H,16,17). The van der Waals surface area contributed by atoms with Gasteiger partial charge in [0.1, 0.15) is 0 Å². The molecule has 0 aliphatic heterocycles. The third kappa shape index (κ3) is 5.82. The van der Waals surface area contributed by atoms with Crippen molar-refractivity contribution in [3.05, 3.63) is 0 Å². The quantitative estimate of drug-likeness (QED) is 0.778. The fraction of sp³-hybridized carbons (Fsp3) is 0.923. The molecule has 1 rings (SSSR count). The number of methoxy groups -OCH3 is 1. The summed E-state index contributed by atoms with van der Waals surface area (Å²) in [4.78, 5) is 11.8. The first kappa shape index (κ1) is 16.3. The molecule has 1 saturated carbocycles. The Bertz CT molecular complexity index is 298. The van der Waals surface area contributed by atoms with Gasteiger partial charge in [-0.25, -0.2) is 8.78 Å². The van der Waals surface area contributed by atoms with Crippen LogP contribution in [0.15, 0.2) is 0 Å². The van der Waals surface area contributed by atoms with E-state index in [1.165, 1.54) is 7.11 Å². The molecule has 0 aromatic carbocycles. The van der Waals surface area contributed by atoms with E-state index in [0.717, 1.165) is 0 Å². The van der Waals surface area contributed by atoms with Crippen molar-refractivity contribution in [2.24, 2.45) is 5.92 Å². The molecule has 0 aromatic rings. The molecular formula is C13H23F2NO3. The van der Waals surface area contributed by atoms with E-state index in [0.29, 0.717) is 13.0 Å². The number of halogens is 2. The highest BCUT2D eigenvalue weighted by molar-refractivity contribution is 5.78. The Balaban J connectivity index is 2.32. The largest absolute Gasteiger partial charge is 0.388 e. The lowest BCUT2D eigenvalue weighted by atomic mass is 9.86. The first-order valence-electron chi connectivity index (χ1n) is 6.63. The summed E-state index contributed by atoms with van der Waals surface area (Å²) in [6, 6.07) is 0.